The zero-order valence-electron chi connectivity index (χ0n) is 12.7. The van der Waals surface area contributed by atoms with Crippen molar-refractivity contribution in [2.75, 3.05) is 38.5 Å². The van der Waals surface area contributed by atoms with E-state index in [1.165, 1.54) is 12.1 Å². The zero-order valence-corrected chi connectivity index (χ0v) is 13.6. The molecule has 0 aliphatic carbocycles. The van der Waals surface area contributed by atoms with Crippen LogP contribution in [0.15, 0.2) is 28.7 Å². The van der Waals surface area contributed by atoms with Gasteiger partial charge in [0.25, 0.3) is 0 Å². The minimum Gasteiger partial charge on any atom is -0.460 e. The third-order valence-corrected chi connectivity index (χ3v) is 4.82. The lowest BCUT2D eigenvalue weighted by atomic mass is 10.2. The van der Waals surface area contributed by atoms with E-state index < -0.39 is 10.0 Å². The molecule has 23 heavy (non-hydrogen) atoms. The number of rotatable bonds is 5. The van der Waals surface area contributed by atoms with Gasteiger partial charge in [-0.15, -0.1) is 0 Å². The van der Waals surface area contributed by atoms with Crippen molar-refractivity contribution in [2.24, 2.45) is 5.14 Å². The smallest absolute Gasteiger partial charge is 0.210 e. The highest BCUT2D eigenvalue weighted by Gasteiger charge is 2.19. The molecule has 1 aromatic carbocycles. The average molecular weight is 341 g/mol. The van der Waals surface area contributed by atoms with E-state index in [2.05, 4.69) is 9.80 Å². The van der Waals surface area contributed by atoms with Gasteiger partial charge in [0, 0.05) is 38.1 Å². The van der Waals surface area contributed by atoms with Crippen LogP contribution in [0, 0.1) is 5.82 Å². The van der Waals surface area contributed by atoms with Crippen molar-refractivity contribution in [3.63, 3.8) is 0 Å². The molecule has 1 aliphatic rings. The van der Waals surface area contributed by atoms with E-state index in [-0.39, 0.29) is 11.6 Å². The summed E-state index contributed by atoms with van der Waals surface area (Å²) >= 11 is 0. The predicted octanol–water partition coefficient (Wildman–Crippen LogP) is 0.978. The molecule has 0 amide bonds. The SMILES string of the molecule is NS(=O)(=O)CCN1CCN(Cc2cc3cc(F)ccc3o2)CC1. The molecule has 2 N–H and O–H groups in total. The van der Waals surface area contributed by atoms with Crippen LogP contribution < -0.4 is 5.14 Å². The van der Waals surface area contributed by atoms with Crippen molar-refractivity contribution in [3.8, 4) is 0 Å². The fourth-order valence-electron chi connectivity index (χ4n) is 2.79. The second kappa shape index (κ2) is 6.56. The number of fused-ring (bicyclic) bond motifs is 1. The van der Waals surface area contributed by atoms with E-state index >= 15 is 0 Å². The number of furan rings is 1. The second-order valence-corrected chi connectivity index (χ2v) is 7.61. The fourth-order valence-corrected chi connectivity index (χ4v) is 3.31. The number of sulfonamides is 1. The molecule has 1 aliphatic heterocycles. The van der Waals surface area contributed by atoms with E-state index in [1.54, 1.807) is 6.07 Å². The van der Waals surface area contributed by atoms with Gasteiger partial charge in [0.1, 0.15) is 17.2 Å². The highest BCUT2D eigenvalue weighted by atomic mass is 32.2. The summed E-state index contributed by atoms with van der Waals surface area (Å²) < 4.78 is 40.9. The average Bonchev–Trinajstić information content (AvgIpc) is 2.87. The first-order chi connectivity index (χ1) is 10.9. The maximum Gasteiger partial charge on any atom is 0.210 e. The number of primary sulfonamides is 1. The highest BCUT2D eigenvalue weighted by molar-refractivity contribution is 7.89. The van der Waals surface area contributed by atoms with Gasteiger partial charge in [-0.3, -0.25) is 9.80 Å². The van der Waals surface area contributed by atoms with Crippen LogP contribution in [0.2, 0.25) is 0 Å². The molecule has 2 aromatic rings. The summed E-state index contributed by atoms with van der Waals surface area (Å²) in [6.45, 7) is 4.39. The molecule has 1 fully saturated rings. The van der Waals surface area contributed by atoms with Crippen molar-refractivity contribution in [1.82, 2.24) is 9.80 Å². The molecule has 0 atom stereocenters. The summed E-state index contributed by atoms with van der Waals surface area (Å²) in [6, 6.07) is 6.36. The Bertz CT molecular complexity index is 782. The number of nitrogens with zero attached hydrogens (tertiary/aromatic N) is 2. The number of benzene rings is 1. The van der Waals surface area contributed by atoms with E-state index in [4.69, 9.17) is 9.56 Å². The van der Waals surface area contributed by atoms with Gasteiger partial charge in [-0.1, -0.05) is 0 Å². The van der Waals surface area contributed by atoms with Crippen molar-refractivity contribution in [1.29, 1.82) is 0 Å². The summed E-state index contributed by atoms with van der Waals surface area (Å²) in [6.07, 6.45) is 0. The van der Waals surface area contributed by atoms with Crippen LogP contribution in [0.25, 0.3) is 11.0 Å². The molecular weight excluding hydrogens is 321 g/mol. The molecule has 3 rings (SSSR count). The summed E-state index contributed by atoms with van der Waals surface area (Å²) in [5.74, 6) is 0.527. The van der Waals surface area contributed by atoms with Gasteiger partial charge in [-0.05, 0) is 24.3 Å². The Hall–Kier alpha value is -1.48. The molecule has 0 saturated carbocycles. The minimum atomic E-state index is -3.40. The first-order valence-corrected chi connectivity index (χ1v) is 9.24. The standard InChI is InChI=1S/C15H20FN3O3S/c16-13-1-2-15-12(9-13)10-14(22-15)11-19-5-3-18(4-6-19)7-8-23(17,20)21/h1-2,9-10H,3-8,11H2,(H2,17,20,21). The maximum absolute atomic E-state index is 13.2. The Balaban J connectivity index is 1.53. The van der Waals surface area contributed by atoms with Gasteiger partial charge >= 0.3 is 0 Å². The van der Waals surface area contributed by atoms with Crippen LogP contribution in [0.1, 0.15) is 5.76 Å². The van der Waals surface area contributed by atoms with E-state index in [9.17, 15) is 12.8 Å². The number of piperazine rings is 1. The quantitative estimate of drug-likeness (QED) is 0.877. The molecule has 0 bridgehead atoms. The van der Waals surface area contributed by atoms with Gasteiger partial charge in [0.15, 0.2) is 0 Å². The summed E-state index contributed by atoms with van der Waals surface area (Å²) in [5, 5.41) is 5.80. The zero-order chi connectivity index (χ0) is 16.4. The molecule has 126 valence electrons. The Kier molecular flexibility index (Phi) is 4.67. The third-order valence-electron chi connectivity index (χ3n) is 4.07. The molecule has 2 heterocycles. The fraction of sp³-hybridized carbons (Fsp3) is 0.467. The Labute approximate surface area is 134 Å². The van der Waals surface area contributed by atoms with Gasteiger partial charge in [-0.25, -0.2) is 17.9 Å². The maximum atomic E-state index is 13.2. The first-order valence-electron chi connectivity index (χ1n) is 7.52. The first kappa shape index (κ1) is 16.4. The lowest BCUT2D eigenvalue weighted by Gasteiger charge is -2.33. The molecular formula is C15H20FN3O3S. The van der Waals surface area contributed by atoms with Gasteiger partial charge < -0.3 is 4.42 Å². The lowest BCUT2D eigenvalue weighted by molar-refractivity contribution is 0.126. The molecule has 0 radical (unpaired) electrons. The number of hydrogen-bond donors (Lipinski definition) is 1. The normalized spacial score (nSPS) is 17.8. The summed E-state index contributed by atoms with van der Waals surface area (Å²) in [7, 11) is -3.40. The Morgan fingerprint density at radius 2 is 1.83 bits per heavy atom. The highest BCUT2D eigenvalue weighted by Crippen LogP contribution is 2.21. The van der Waals surface area contributed by atoms with Crippen LogP contribution in [-0.2, 0) is 16.6 Å². The van der Waals surface area contributed by atoms with E-state index in [0.29, 0.717) is 18.7 Å². The largest absolute Gasteiger partial charge is 0.460 e. The number of nitrogens with two attached hydrogens (primary N) is 1. The topological polar surface area (TPSA) is 79.8 Å². The molecule has 8 heteroatoms. The van der Waals surface area contributed by atoms with Gasteiger partial charge in [-0.2, -0.15) is 0 Å². The number of hydrogen-bond acceptors (Lipinski definition) is 5. The van der Waals surface area contributed by atoms with Gasteiger partial charge in [0.05, 0.1) is 12.3 Å². The van der Waals surface area contributed by atoms with Crippen molar-refractivity contribution < 1.29 is 17.2 Å². The van der Waals surface area contributed by atoms with Crippen LogP contribution in [0.5, 0.6) is 0 Å². The van der Waals surface area contributed by atoms with Crippen LogP contribution in [-0.4, -0.2) is 56.7 Å². The predicted molar refractivity (Wildman–Crippen MR) is 85.9 cm³/mol. The van der Waals surface area contributed by atoms with Crippen LogP contribution in [0.3, 0.4) is 0 Å². The molecule has 0 spiro atoms. The van der Waals surface area contributed by atoms with Crippen LogP contribution in [0.4, 0.5) is 4.39 Å². The lowest BCUT2D eigenvalue weighted by Crippen LogP contribution is -2.47. The molecule has 1 saturated heterocycles. The number of halogens is 1. The molecule has 0 unspecified atom stereocenters. The summed E-state index contributed by atoms with van der Waals surface area (Å²) in [4.78, 5) is 4.33. The minimum absolute atomic E-state index is 0.0118. The van der Waals surface area contributed by atoms with E-state index in [1.807, 2.05) is 6.07 Å². The van der Waals surface area contributed by atoms with Crippen molar-refractivity contribution >= 4 is 21.0 Å². The van der Waals surface area contributed by atoms with E-state index in [0.717, 1.165) is 37.3 Å². The summed E-state index contributed by atoms with van der Waals surface area (Å²) in [5.41, 5.74) is 0.688. The van der Waals surface area contributed by atoms with Gasteiger partial charge in [0.2, 0.25) is 10.0 Å². The third kappa shape index (κ3) is 4.51. The van der Waals surface area contributed by atoms with Crippen molar-refractivity contribution in [3.05, 3.63) is 35.8 Å². The second-order valence-electron chi connectivity index (χ2n) is 5.88. The molecule has 1 aromatic heterocycles. The van der Waals surface area contributed by atoms with Crippen molar-refractivity contribution in [2.45, 2.75) is 6.54 Å². The van der Waals surface area contributed by atoms with Crippen LogP contribution >= 0.6 is 0 Å². The molecule has 6 nitrogen and oxygen atoms in total. The Morgan fingerprint density at radius 1 is 1.13 bits per heavy atom. The monoisotopic (exact) mass is 341 g/mol. The Morgan fingerprint density at radius 3 is 2.52 bits per heavy atom.